The zero-order valence-corrected chi connectivity index (χ0v) is 14.7. The number of aryl methyl sites for hydroxylation is 2. The maximum atomic E-state index is 9.93. The van der Waals surface area contributed by atoms with Crippen LogP contribution in [0.3, 0.4) is 0 Å². The predicted octanol–water partition coefficient (Wildman–Crippen LogP) is 5.82. The molecule has 2 heteroatoms. The van der Waals surface area contributed by atoms with E-state index >= 15 is 0 Å². The first kappa shape index (κ1) is 16.1. The molecule has 4 rings (SSSR count). The molecule has 0 atom stereocenters. The van der Waals surface area contributed by atoms with Gasteiger partial charge in [-0.05, 0) is 49.2 Å². The number of aromatic hydroxyl groups is 1. The lowest BCUT2D eigenvalue weighted by atomic mass is 10.0. The van der Waals surface area contributed by atoms with Crippen molar-refractivity contribution in [3.63, 3.8) is 0 Å². The van der Waals surface area contributed by atoms with Crippen molar-refractivity contribution in [1.82, 2.24) is 0 Å². The second-order valence-corrected chi connectivity index (χ2v) is 6.37. The van der Waals surface area contributed by atoms with Gasteiger partial charge in [0.2, 0.25) is 0 Å². The average Bonchev–Trinajstić information content (AvgIpc) is 2.99. The molecule has 2 nitrogen and oxygen atoms in total. The van der Waals surface area contributed by atoms with Crippen LogP contribution in [0.25, 0.3) is 22.3 Å². The minimum Gasteiger partial charge on any atom is -0.508 e. The molecule has 0 bridgehead atoms. The Labute approximate surface area is 152 Å². The van der Waals surface area contributed by atoms with Crippen LogP contribution in [0.2, 0.25) is 0 Å². The van der Waals surface area contributed by atoms with Gasteiger partial charge in [0.05, 0.1) is 5.56 Å². The fourth-order valence-corrected chi connectivity index (χ4v) is 3.07. The van der Waals surface area contributed by atoms with E-state index in [9.17, 15) is 5.11 Å². The molecule has 0 aliphatic carbocycles. The molecule has 0 saturated carbocycles. The molecule has 0 aliphatic heterocycles. The second-order valence-electron chi connectivity index (χ2n) is 6.37. The molecule has 3 aromatic carbocycles. The smallest absolute Gasteiger partial charge is 0.151 e. The highest BCUT2D eigenvalue weighted by atomic mass is 16.3. The van der Waals surface area contributed by atoms with Crippen LogP contribution in [0, 0.1) is 25.7 Å². The molecule has 0 unspecified atom stereocenters. The second kappa shape index (κ2) is 6.46. The minimum atomic E-state index is 0.202. The summed E-state index contributed by atoms with van der Waals surface area (Å²) in [5, 5.41) is 10.8. The van der Waals surface area contributed by atoms with Crippen LogP contribution >= 0.6 is 0 Å². The lowest BCUT2D eigenvalue weighted by Crippen LogP contribution is -1.85. The third-order valence-electron chi connectivity index (χ3n) is 4.53. The van der Waals surface area contributed by atoms with E-state index < -0.39 is 0 Å². The number of hydrogen-bond acceptors (Lipinski definition) is 2. The molecule has 0 amide bonds. The maximum absolute atomic E-state index is 9.93. The highest BCUT2D eigenvalue weighted by Crippen LogP contribution is 2.36. The Morgan fingerprint density at radius 2 is 1.54 bits per heavy atom. The number of fused-ring (bicyclic) bond motifs is 1. The third-order valence-corrected chi connectivity index (χ3v) is 4.53. The molecule has 1 aromatic heterocycles. The van der Waals surface area contributed by atoms with E-state index in [4.69, 9.17) is 4.42 Å². The number of phenolic OH excluding ortho intramolecular Hbond substituents is 1. The van der Waals surface area contributed by atoms with Gasteiger partial charge in [0.15, 0.2) is 5.76 Å². The van der Waals surface area contributed by atoms with Gasteiger partial charge in [-0.1, -0.05) is 54.3 Å². The summed E-state index contributed by atoms with van der Waals surface area (Å²) in [6.45, 7) is 4.10. The van der Waals surface area contributed by atoms with Crippen molar-refractivity contribution in [1.29, 1.82) is 0 Å². The molecule has 0 radical (unpaired) electrons. The Kier molecular flexibility index (Phi) is 3.99. The normalized spacial score (nSPS) is 10.5. The number of hydrogen-bond donors (Lipinski definition) is 1. The highest BCUT2D eigenvalue weighted by Gasteiger charge is 2.16. The van der Waals surface area contributed by atoms with Crippen molar-refractivity contribution in [3.05, 3.63) is 89.0 Å². The molecule has 1 heterocycles. The summed E-state index contributed by atoms with van der Waals surface area (Å²) in [4.78, 5) is 0. The van der Waals surface area contributed by atoms with Crippen LogP contribution in [0.15, 0.2) is 71.1 Å². The van der Waals surface area contributed by atoms with Crippen molar-refractivity contribution in [2.75, 3.05) is 0 Å². The van der Waals surface area contributed by atoms with E-state index in [1.54, 1.807) is 18.2 Å². The Bertz CT molecular complexity index is 1170. The van der Waals surface area contributed by atoms with Gasteiger partial charge in [-0.15, -0.1) is 0 Å². The van der Waals surface area contributed by atoms with Crippen molar-refractivity contribution < 1.29 is 9.52 Å². The molecule has 4 aromatic rings. The summed E-state index contributed by atoms with van der Waals surface area (Å²) in [6, 6.07) is 21.3. The molecule has 0 saturated heterocycles. The van der Waals surface area contributed by atoms with E-state index in [2.05, 4.69) is 24.8 Å². The van der Waals surface area contributed by atoms with Crippen LogP contribution in [0.1, 0.15) is 22.3 Å². The van der Waals surface area contributed by atoms with Gasteiger partial charge >= 0.3 is 0 Å². The van der Waals surface area contributed by atoms with Crippen LogP contribution in [-0.4, -0.2) is 5.11 Å². The largest absolute Gasteiger partial charge is 0.508 e. The van der Waals surface area contributed by atoms with Gasteiger partial charge in [0, 0.05) is 16.5 Å². The first-order valence-electron chi connectivity index (χ1n) is 8.52. The van der Waals surface area contributed by atoms with Gasteiger partial charge in [0.1, 0.15) is 11.3 Å². The monoisotopic (exact) mass is 338 g/mol. The summed E-state index contributed by atoms with van der Waals surface area (Å²) < 4.78 is 6.13. The van der Waals surface area contributed by atoms with E-state index in [-0.39, 0.29) is 5.75 Å². The molecule has 0 aliphatic rings. The van der Waals surface area contributed by atoms with Crippen molar-refractivity contribution in [3.8, 4) is 28.9 Å². The standard InChI is InChI=1S/C24H18O2/c1-16-7-3-5-9-18(16)11-13-21-22-15-19(25)12-14-23(22)26-24(21)20-10-6-4-8-17(20)2/h3-10,12,14-15,25H,1-2H3. The molecule has 0 spiro atoms. The zero-order valence-electron chi connectivity index (χ0n) is 14.7. The zero-order chi connectivity index (χ0) is 18.1. The Hall–Kier alpha value is -3.44. The first-order chi connectivity index (χ1) is 12.6. The van der Waals surface area contributed by atoms with Crippen LogP contribution < -0.4 is 0 Å². The number of rotatable bonds is 1. The maximum Gasteiger partial charge on any atom is 0.151 e. The predicted molar refractivity (Wildman–Crippen MR) is 105 cm³/mol. The summed E-state index contributed by atoms with van der Waals surface area (Å²) in [5.74, 6) is 7.50. The van der Waals surface area contributed by atoms with Gasteiger partial charge in [-0.25, -0.2) is 0 Å². The summed E-state index contributed by atoms with van der Waals surface area (Å²) in [7, 11) is 0. The summed E-state index contributed by atoms with van der Waals surface area (Å²) in [5.41, 5.74) is 5.77. The van der Waals surface area contributed by atoms with Crippen molar-refractivity contribution >= 4 is 11.0 Å². The minimum absolute atomic E-state index is 0.202. The lowest BCUT2D eigenvalue weighted by Gasteiger charge is -2.02. The van der Waals surface area contributed by atoms with Gasteiger partial charge in [-0.3, -0.25) is 0 Å². The highest BCUT2D eigenvalue weighted by molar-refractivity contribution is 5.92. The van der Waals surface area contributed by atoms with Crippen molar-refractivity contribution in [2.24, 2.45) is 0 Å². The molecule has 1 N–H and O–H groups in total. The van der Waals surface area contributed by atoms with E-state index in [1.807, 2.05) is 49.4 Å². The van der Waals surface area contributed by atoms with E-state index in [0.717, 1.165) is 44.5 Å². The van der Waals surface area contributed by atoms with Crippen molar-refractivity contribution in [2.45, 2.75) is 13.8 Å². The average molecular weight is 338 g/mol. The lowest BCUT2D eigenvalue weighted by molar-refractivity contribution is 0.476. The Morgan fingerprint density at radius 3 is 2.31 bits per heavy atom. The van der Waals surface area contributed by atoms with Gasteiger partial charge in [-0.2, -0.15) is 0 Å². The number of phenols is 1. The first-order valence-corrected chi connectivity index (χ1v) is 8.52. The van der Waals surface area contributed by atoms with Crippen LogP contribution in [-0.2, 0) is 0 Å². The number of furan rings is 1. The third kappa shape index (κ3) is 2.85. The molecule has 0 fully saturated rings. The Balaban J connectivity index is 1.98. The van der Waals surface area contributed by atoms with Crippen LogP contribution in [0.5, 0.6) is 5.75 Å². The van der Waals surface area contributed by atoms with Gasteiger partial charge < -0.3 is 9.52 Å². The topological polar surface area (TPSA) is 33.4 Å². The van der Waals surface area contributed by atoms with E-state index in [1.165, 1.54) is 0 Å². The molecular formula is C24H18O2. The van der Waals surface area contributed by atoms with Gasteiger partial charge in [0.25, 0.3) is 0 Å². The summed E-state index contributed by atoms with van der Waals surface area (Å²) >= 11 is 0. The molecule has 26 heavy (non-hydrogen) atoms. The molecular weight excluding hydrogens is 320 g/mol. The fraction of sp³-hybridized carbons (Fsp3) is 0.0833. The quantitative estimate of drug-likeness (QED) is 0.444. The Morgan fingerprint density at radius 1 is 0.808 bits per heavy atom. The SMILES string of the molecule is Cc1ccccc1C#Cc1c(-c2ccccc2C)oc2ccc(O)cc12. The summed E-state index contributed by atoms with van der Waals surface area (Å²) in [6.07, 6.45) is 0. The molecule has 126 valence electrons. The van der Waals surface area contributed by atoms with E-state index in [0.29, 0.717) is 0 Å². The van der Waals surface area contributed by atoms with Crippen LogP contribution in [0.4, 0.5) is 0 Å². The number of benzene rings is 3. The fourth-order valence-electron chi connectivity index (χ4n) is 3.07.